The molecular formula is C27H28N2O3. The van der Waals surface area contributed by atoms with E-state index in [0.29, 0.717) is 44.8 Å². The van der Waals surface area contributed by atoms with Crippen LogP contribution in [0.5, 0.6) is 0 Å². The highest BCUT2D eigenvalue weighted by atomic mass is 16.5. The number of carbonyl (C=O) groups is 2. The van der Waals surface area contributed by atoms with E-state index >= 15 is 0 Å². The largest absolute Gasteiger partial charge is 0.378 e. The van der Waals surface area contributed by atoms with Crippen molar-refractivity contribution >= 4 is 17.5 Å². The molecule has 5 nitrogen and oxygen atoms in total. The van der Waals surface area contributed by atoms with Gasteiger partial charge in [-0.2, -0.15) is 0 Å². The summed E-state index contributed by atoms with van der Waals surface area (Å²) in [5, 5.41) is 0. The summed E-state index contributed by atoms with van der Waals surface area (Å²) in [5.41, 5.74) is 4.57. The Balaban J connectivity index is 1.54. The maximum absolute atomic E-state index is 13.4. The molecule has 3 aromatic carbocycles. The number of hydrogen-bond donors (Lipinski definition) is 0. The minimum Gasteiger partial charge on any atom is -0.378 e. The zero-order valence-electron chi connectivity index (χ0n) is 18.4. The van der Waals surface area contributed by atoms with Gasteiger partial charge in [0.05, 0.1) is 26.2 Å². The fourth-order valence-corrected chi connectivity index (χ4v) is 3.79. The second kappa shape index (κ2) is 10.2. The van der Waals surface area contributed by atoms with Gasteiger partial charge in [0.15, 0.2) is 0 Å². The van der Waals surface area contributed by atoms with Gasteiger partial charge in [-0.15, -0.1) is 0 Å². The number of benzene rings is 3. The number of hydrogen-bond acceptors (Lipinski definition) is 3. The molecule has 0 aliphatic carbocycles. The van der Waals surface area contributed by atoms with Crippen molar-refractivity contribution in [2.45, 2.75) is 19.9 Å². The van der Waals surface area contributed by atoms with Gasteiger partial charge in [0.25, 0.3) is 5.91 Å². The molecule has 0 spiro atoms. The zero-order chi connectivity index (χ0) is 22.3. The van der Waals surface area contributed by atoms with E-state index in [1.54, 1.807) is 4.90 Å². The second-order valence-electron chi connectivity index (χ2n) is 8.08. The van der Waals surface area contributed by atoms with Crippen LogP contribution in [-0.2, 0) is 22.5 Å². The number of morpholine rings is 1. The van der Waals surface area contributed by atoms with Crippen LogP contribution in [0.3, 0.4) is 0 Å². The molecule has 1 heterocycles. The molecule has 2 amide bonds. The molecule has 0 N–H and O–H groups in total. The van der Waals surface area contributed by atoms with Gasteiger partial charge in [-0.3, -0.25) is 9.59 Å². The Bertz CT molecular complexity index is 1040. The van der Waals surface area contributed by atoms with Crippen LogP contribution in [0.25, 0.3) is 0 Å². The smallest absolute Gasteiger partial charge is 0.258 e. The third kappa shape index (κ3) is 5.42. The molecule has 0 saturated carbocycles. The molecule has 1 aliphatic heterocycles. The number of ether oxygens (including phenoxy) is 1. The van der Waals surface area contributed by atoms with Gasteiger partial charge in [0, 0.05) is 24.3 Å². The highest BCUT2D eigenvalue weighted by Gasteiger charge is 2.20. The van der Waals surface area contributed by atoms with Gasteiger partial charge in [0.1, 0.15) is 0 Å². The monoisotopic (exact) mass is 428 g/mol. The first-order valence-corrected chi connectivity index (χ1v) is 11.0. The van der Waals surface area contributed by atoms with Gasteiger partial charge in [-0.25, -0.2) is 0 Å². The lowest BCUT2D eigenvalue weighted by Crippen LogP contribution is -2.41. The average molecular weight is 429 g/mol. The van der Waals surface area contributed by atoms with E-state index in [9.17, 15) is 9.59 Å². The van der Waals surface area contributed by atoms with Crippen LogP contribution in [-0.4, -0.2) is 43.0 Å². The van der Waals surface area contributed by atoms with Crippen LogP contribution in [0.2, 0.25) is 0 Å². The second-order valence-corrected chi connectivity index (χ2v) is 8.08. The molecule has 0 bridgehead atoms. The Kier molecular flexibility index (Phi) is 6.97. The summed E-state index contributed by atoms with van der Waals surface area (Å²) in [6.45, 7) is 4.96. The quantitative estimate of drug-likeness (QED) is 0.590. The number of rotatable bonds is 6. The first-order valence-electron chi connectivity index (χ1n) is 11.0. The van der Waals surface area contributed by atoms with Crippen LogP contribution in [0.4, 0.5) is 5.69 Å². The van der Waals surface area contributed by atoms with Gasteiger partial charge in [-0.05, 0) is 42.3 Å². The van der Waals surface area contributed by atoms with Gasteiger partial charge >= 0.3 is 0 Å². The summed E-state index contributed by atoms with van der Waals surface area (Å²) in [6, 6.07) is 25.3. The lowest BCUT2D eigenvalue weighted by molar-refractivity contribution is -0.134. The highest BCUT2D eigenvalue weighted by Crippen LogP contribution is 2.22. The molecule has 32 heavy (non-hydrogen) atoms. The molecule has 0 unspecified atom stereocenters. The fraction of sp³-hybridized carbons (Fsp3) is 0.259. The van der Waals surface area contributed by atoms with Crippen molar-refractivity contribution in [2.75, 3.05) is 31.2 Å². The predicted molar refractivity (Wildman–Crippen MR) is 126 cm³/mol. The molecule has 5 heteroatoms. The molecule has 1 saturated heterocycles. The number of aryl methyl sites for hydroxylation is 1. The van der Waals surface area contributed by atoms with E-state index in [2.05, 4.69) is 0 Å². The molecular weight excluding hydrogens is 400 g/mol. The van der Waals surface area contributed by atoms with E-state index in [1.165, 1.54) is 0 Å². The minimum atomic E-state index is -0.0500. The normalized spacial score (nSPS) is 13.6. The third-order valence-corrected chi connectivity index (χ3v) is 5.69. The Morgan fingerprint density at radius 3 is 2.16 bits per heavy atom. The van der Waals surface area contributed by atoms with Crippen LogP contribution in [0.15, 0.2) is 78.9 Å². The highest BCUT2D eigenvalue weighted by molar-refractivity contribution is 6.06. The zero-order valence-corrected chi connectivity index (χ0v) is 18.4. The number of nitrogens with zero attached hydrogens (tertiary/aromatic N) is 2. The lowest BCUT2D eigenvalue weighted by Gasteiger charge is -2.27. The lowest BCUT2D eigenvalue weighted by atomic mass is 10.1. The average Bonchev–Trinajstić information content (AvgIpc) is 2.84. The Labute approximate surface area is 189 Å². The summed E-state index contributed by atoms with van der Waals surface area (Å²) in [7, 11) is 0. The van der Waals surface area contributed by atoms with E-state index < -0.39 is 0 Å². The standard InChI is InChI=1S/C27H28N2O3/c1-21-7-11-24(12-8-21)27(31)29(20-23-5-3-2-4-6-23)25-13-9-22(10-14-25)19-26(30)28-15-17-32-18-16-28/h2-14H,15-20H2,1H3. The molecule has 0 radical (unpaired) electrons. The van der Waals surface area contributed by atoms with E-state index in [1.807, 2.05) is 90.7 Å². The van der Waals surface area contributed by atoms with Gasteiger partial charge in [0.2, 0.25) is 5.91 Å². The van der Waals surface area contributed by atoms with E-state index in [0.717, 1.165) is 22.4 Å². The van der Waals surface area contributed by atoms with Gasteiger partial charge < -0.3 is 14.5 Å². The summed E-state index contributed by atoms with van der Waals surface area (Å²) < 4.78 is 5.33. The van der Waals surface area contributed by atoms with Crippen LogP contribution in [0.1, 0.15) is 27.0 Å². The van der Waals surface area contributed by atoms with Crippen molar-refractivity contribution in [3.05, 3.63) is 101 Å². The molecule has 1 aliphatic rings. The molecule has 4 rings (SSSR count). The topological polar surface area (TPSA) is 49.9 Å². The third-order valence-electron chi connectivity index (χ3n) is 5.69. The minimum absolute atomic E-state index is 0.0500. The summed E-state index contributed by atoms with van der Waals surface area (Å²) in [6.07, 6.45) is 0.352. The van der Waals surface area contributed by atoms with Crippen LogP contribution < -0.4 is 4.90 Å². The van der Waals surface area contributed by atoms with Gasteiger partial charge in [-0.1, -0.05) is 60.2 Å². The molecule has 1 fully saturated rings. The first kappa shape index (κ1) is 21.8. The molecule has 0 atom stereocenters. The predicted octanol–water partition coefficient (Wildman–Crippen LogP) is 4.24. The Morgan fingerprint density at radius 2 is 1.50 bits per heavy atom. The van der Waals surface area contributed by atoms with Crippen molar-refractivity contribution in [3.63, 3.8) is 0 Å². The van der Waals surface area contributed by atoms with Crippen molar-refractivity contribution in [1.82, 2.24) is 4.90 Å². The van der Waals surface area contributed by atoms with Crippen molar-refractivity contribution in [3.8, 4) is 0 Å². The number of anilines is 1. The Morgan fingerprint density at radius 1 is 0.844 bits per heavy atom. The van der Waals surface area contributed by atoms with Crippen LogP contribution in [0, 0.1) is 6.92 Å². The van der Waals surface area contributed by atoms with E-state index in [-0.39, 0.29) is 11.8 Å². The number of carbonyl (C=O) groups excluding carboxylic acids is 2. The maximum Gasteiger partial charge on any atom is 0.258 e. The molecule has 3 aromatic rings. The SMILES string of the molecule is Cc1ccc(C(=O)N(Cc2ccccc2)c2ccc(CC(=O)N3CCOCC3)cc2)cc1. The molecule has 0 aromatic heterocycles. The van der Waals surface area contributed by atoms with Crippen LogP contribution >= 0.6 is 0 Å². The maximum atomic E-state index is 13.4. The summed E-state index contributed by atoms with van der Waals surface area (Å²) in [4.78, 5) is 29.6. The van der Waals surface area contributed by atoms with E-state index in [4.69, 9.17) is 4.74 Å². The van der Waals surface area contributed by atoms with Crippen molar-refractivity contribution in [1.29, 1.82) is 0 Å². The fourth-order valence-electron chi connectivity index (χ4n) is 3.79. The first-order chi connectivity index (χ1) is 15.6. The Hall–Kier alpha value is -3.44. The summed E-state index contributed by atoms with van der Waals surface area (Å²) in [5.74, 6) is 0.0592. The summed E-state index contributed by atoms with van der Waals surface area (Å²) >= 11 is 0. The van der Waals surface area contributed by atoms with Crippen molar-refractivity contribution < 1.29 is 14.3 Å². The molecule has 164 valence electrons. The number of amides is 2. The van der Waals surface area contributed by atoms with Crippen molar-refractivity contribution in [2.24, 2.45) is 0 Å².